The summed E-state index contributed by atoms with van der Waals surface area (Å²) in [5.74, 6) is -1.61. The third kappa shape index (κ3) is 4.33. The molecular weight excluding hydrogens is 304 g/mol. The molecule has 1 saturated heterocycles. The van der Waals surface area contributed by atoms with Gasteiger partial charge in [-0.15, -0.1) is 0 Å². The van der Waals surface area contributed by atoms with Gasteiger partial charge in [-0.1, -0.05) is 0 Å². The van der Waals surface area contributed by atoms with Crippen molar-refractivity contribution in [3.63, 3.8) is 0 Å². The number of aliphatic hydroxyl groups is 2. The Kier molecular flexibility index (Phi) is 4.52. The van der Waals surface area contributed by atoms with Gasteiger partial charge in [0.1, 0.15) is 0 Å². The Morgan fingerprint density at radius 1 is 0.611 bits per heavy atom. The van der Waals surface area contributed by atoms with Gasteiger partial charge >= 0.3 is 34.2 Å². The molecule has 0 bridgehead atoms. The zero-order chi connectivity index (χ0) is 14.4. The molecule has 0 amide bonds. The van der Waals surface area contributed by atoms with E-state index in [1.54, 1.807) is 6.55 Å². The topological polar surface area (TPSA) is 77.4 Å². The Labute approximate surface area is 113 Å². The van der Waals surface area contributed by atoms with Crippen molar-refractivity contribution in [3.05, 3.63) is 0 Å². The number of hydrogen-bond acceptors (Lipinski definition) is 6. The van der Waals surface area contributed by atoms with Crippen molar-refractivity contribution in [1.82, 2.24) is 0 Å². The smallest absolute Gasteiger partial charge is 0.375 e. The van der Waals surface area contributed by atoms with Crippen LogP contribution in [0.25, 0.3) is 0 Å². The molecule has 10 heteroatoms. The minimum absolute atomic E-state index is 1.61. The highest BCUT2D eigenvalue weighted by Crippen LogP contribution is 2.31. The van der Waals surface area contributed by atoms with Gasteiger partial charge in [-0.25, -0.2) is 0 Å². The van der Waals surface area contributed by atoms with Crippen LogP contribution < -0.4 is 0 Å². The Balaban J connectivity index is 3.10. The van der Waals surface area contributed by atoms with Gasteiger partial charge in [-0.2, -0.15) is 0 Å². The fourth-order valence-corrected chi connectivity index (χ4v) is 22.6. The Morgan fingerprint density at radius 2 is 0.889 bits per heavy atom. The van der Waals surface area contributed by atoms with Crippen LogP contribution in [0.3, 0.4) is 0 Å². The predicted molar refractivity (Wildman–Crippen MR) is 76.6 cm³/mol. The molecular formula is C8H24O6Si4. The number of hydrogen-bond donors (Lipinski definition) is 2. The van der Waals surface area contributed by atoms with E-state index in [4.69, 9.17) is 16.5 Å². The van der Waals surface area contributed by atoms with Gasteiger partial charge in [0.15, 0.2) is 5.91 Å². The second kappa shape index (κ2) is 4.87. The molecule has 0 spiro atoms. The van der Waals surface area contributed by atoms with E-state index in [-0.39, 0.29) is 0 Å². The van der Waals surface area contributed by atoms with Crippen molar-refractivity contribution < 1.29 is 26.7 Å². The zero-order valence-electron chi connectivity index (χ0n) is 12.1. The van der Waals surface area contributed by atoms with Crippen LogP contribution in [-0.4, -0.2) is 50.4 Å². The summed E-state index contributed by atoms with van der Waals surface area (Å²) in [5, 5.41) is 19.1. The van der Waals surface area contributed by atoms with E-state index >= 15 is 0 Å². The molecule has 0 atom stereocenters. The van der Waals surface area contributed by atoms with E-state index in [0.29, 0.717) is 0 Å². The second-order valence-electron chi connectivity index (χ2n) is 6.00. The summed E-state index contributed by atoms with van der Waals surface area (Å²) >= 11 is 0. The van der Waals surface area contributed by atoms with Crippen molar-refractivity contribution in [1.29, 1.82) is 0 Å². The molecule has 1 aliphatic rings. The SMILES string of the molecule is C[Si]1(C)O[Si](C)(C)O[Si](C)(C(O)O)O[Si](C)(C)O1. The molecule has 0 aromatic heterocycles. The molecule has 1 rings (SSSR count). The Bertz CT molecular complexity index is 297. The first kappa shape index (κ1) is 16.7. The van der Waals surface area contributed by atoms with Crippen molar-refractivity contribution in [2.75, 3.05) is 0 Å². The number of rotatable bonds is 1. The van der Waals surface area contributed by atoms with E-state index in [1.807, 2.05) is 39.3 Å². The van der Waals surface area contributed by atoms with E-state index < -0.39 is 40.2 Å². The van der Waals surface area contributed by atoms with Crippen LogP contribution in [0.5, 0.6) is 0 Å². The third-order valence-electron chi connectivity index (χ3n) is 2.35. The lowest BCUT2D eigenvalue weighted by atomic mass is 11.5. The maximum Gasteiger partial charge on any atom is 0.375 e. The summed E-state index contributed by atoms with van der Waals surface area (Å²) in [6, 6.07) is 0. The molecule has 108 valence electrons. The van der Waals surface area contributed by atoms with Gasteiger partial charge in [0.25, 0.3) is 0 Å². The minimum Gasteiger partial charge on any atom is -0.416 e. The first-order valence-electron chi connectivity index (χ1n) is 5.94. The first-order valence-corrected chi connectivity index (χ1v) is 16.8. The summed E-state index contributed by atoms with van der Waals surface area (Å²) in [7, 11) is -10.4. The standard InChI is InChI=1S/C8H24O6Si4/c1-15(2)11-16(3,4)13-18(7,8(9)10)14-17(5,6)12-15/h8-10H,1-7H3. The molecule has 0 unspecified atom stereocenters. The first-order chi connectivity index (χ1) is 7.77. The molecule has 2 N–H and O–H groups in total. The highest BCUT2D eigenvalue weighted by atomic mass is 28.5. The highest BCUT2D eigenvalue weighted by Gasteiger charge is 2.55. The molecule has 6 nitrogen and oxygen atoms in total. The molecule has 0 aromatic carbocycles. The van der Waals surface area contributed by atoms with E-state index in [9.17, 15) is 10.2 Å². The quantitative estimate of drug-likeness (QED) is 0.554. The molecule has 1 aliphatic heterocycles. The Morgan fingerprint density at radius 3 is 1.17 bits per heavy atom. The van der Waals surface area contributed by atoms with Crippen molar-refractivity contribution >= 4 is 34.2 Å². The van der Waals surface area contributed by atoms with Crippen LogP contribution in [0.4, 0.5) is 0 Å². The largest absolute Gasteiger partial charge is 0.416 e. The fraction of sp³-hybridized carbons (Fsp3) is 1.00. The lowest BCUT2D eigenvalue weighted by Gasteiger charge is -2.47. The molecule has 1 fully saturated rings. The lowest BCUT2D eigenvalue weighted by molar-refractivity contribution is -0.00888. The minimum atomic E-state index is -3.12. The molecule has 0 aromatic rings. The van der Waals surface area contributed by atoms with Crippen LogP contribution in [-0.2, 0) is 16.5 Å². The summed E-state index contributed by atoms with van der Waals surface area (Å²) in [5.41, 5.74) is 0. The van der Waals surface area contributed by atoms with Crippen LogP contribution in [0.1, 0.15) is 0 Å². The molecule has 0 saturated carbocycles. The third-order valence-corrected chi connectivity index (χ3v) is 18.3. The average molecular weight is 329 g/mol. The summed E-state index contributed by atoms with van der Waals surface area (Å²) in [6.07, 6.45) is 0. The highest BCUT2D eigenvalue weighted by molar-refractivity contribution is 6.93. The summed E-state index contributed by atoms with van der Waals surface area (Å²) in [4.78, 5) is 0. The van der Waals surface area contributed by atoms with Crippen LogP contribution in [0.15, 0.2) is 0 Å². The van der Waals surface area contributed by atoms with Crippen molar-refractivity contribution in [2.24, 2.45) is 0 Å². The van der Waals surface area contributed by atoms with E-state index in [1.165, 1.54) is 0 Å². The molecule has 1 heterocycles. The predicted octanol–water partition coefficient (Wildman–Crippen LogP) is 1.09. The van der Waals surface area contributed by atoms with Gasteiger partial charge in [0, 0.05) is 0 Å². The van der Waals surface area contributed by atoms with Gasteiger partial charge in [0.2, 0.25) is 0 Å². The maximum atomic E-state index is 9.56. The van der Waals surface area contributed by atoms with Gasteiger partial charge in [-0.3, -0.25) is 0 Å². The lowest BCUT2D eigenvalue weighted by Crippen LogP contribution is -2.68. The Hall–Kier alpha value is 0.628. The van der Waals surface area contributed by atoms with Gasteiger partial charge in [0.05, 0.1) is 0 Å². The zero-order valence-corrected chi connectivity index (χ0v) is 16.1. The monoisotopic (exact) mass is 328 g/mol. The average Bonchev–Trinajstić information content (AvgIpc) is 1.92. The van der Waals surface area contributed by atoms with Crippen LogP contribution in [0.2, 0.25) is 45.8 Å². The van der Waals surface area contributed by atoms with E-state index in [0.717, 1.165) is 0 Å². The normalized spacial score (nSPS) is 29.7. The molecule has 18 heavy (non-hydrogen) atoms. The van der Waals surface area contributed by atoms with Gasteiger partial charge < -0.3 is 26.7 Å². The second-order valence-corrected chi connectivity index (χ2v) is 20.2. The fourth-order valence-electron chi connectivity index (χ4n) is 2.35. The van der Waals surface area contributed by atoms with Crippen LogP contribution in [0, 0.1) is 0 Å². The van der Waals surface area contributed by atoms with Crippen molar-refractivity contribution in [3.8, 4) is 0 Å². The summed E-state index contributed by atoms with van der Waals surface area (Å²) < 4.78 is 23.9. The van der Waals surface area contributed by atoms with E-state index in [2.05, 4.69) is 0 Å². The maximum absolute atomic E-state index is 9.56. The van der Waals surface area contributed by atoms with Gasteiger partial charge in [-0.05, 0) is 45.8 Å². The number of aliphatic hydroxyl groups excluding tert-OH is 1. The van der Waals surface area contributed by atoms with Crippen LogP contribution >= 0.6 is 0 Å². The summed E-state index contributed by atoms with van der Waals surface area (Å²) in [6.45, 7) is 13.1. The molecule has 0 radical (unpaired) electrons. The van der Waals surface area contributed by atoms with Crippen molar-refractivity contribution in [2.45, 2.75) is 51.7 Å². The molecule has 0 aliphatic carbocycles.